The van der Waals surface area contributed by atoms with Crippen LogP contribution in [0.25, 0.3) is 0 Å². The highest BCUT2D eigenvalue weighted by Gasteiger charge is 2.29. The summed E-state index contributed by atoms with van der Waals surface area (Å²) in [5.41, 5.74) is 0. The van der Waals surface area contributed by atoms with Gasteiger partial charge in [-0.15, -0.1) is 0 Å². The topological polar surface area (TPSA) is 116 Å². The Kier molecular flexibility index (Phi) is 7.95. The van der Waals surface area contributed by atoms with E-state index in [2.05, 4.69) is 0 Å². The highest BCUT2D eigenvalue weighted by atomic mass is 16.6. The van der Waals surface area contributed by atoms with Crippen molar-refractivity contribution in [1.29, 1.82) is 0 Å². The molecule has 0 aliphatic heterocycles. The maximum Gasteiger partial charge on any atom is 0.307 e. The van der Waals surface area contributed by atoms with E-state index in [1.54, 1.807) is 0 Å². The quantitative estimate of drug-likeness (QED) is 0.500. The highest BCUT2D eigenvalue weighted by Crippen LogP contribution is 2.14. The first-order valence-corrected chi connectivity index (χ1v) is 5.92. The summed E-state index contributed by atoms with van der Waals surface area (Å²) in [5.74, 6) is -3.07. The first kappa shape index (κ1) is 17.9. The number of hydrogen-bond acceptors (Lipinski definition) is 7. The molecule has 1 N–H and O–H groups in total. The monoisotopic (exact) mass is 290 g/mol. The normalized spacial score (nSPS) is 12.9. The molecule has 114 valence electrons. The lowest BCUT2D eigenvalue weighted by Crippen LogP contribution is -2.37. The maximum absolute atomic E-state index is 11.0. The molecule has 0 radical (unpaired) electrons. The van der Waals surface area contributed by atoms with Gasteiger partial charge in [0.15, 0.2) is 0 Å². The molecule has 8 heteroatoms. The number of carboxylic acids is 1. The number of carbonyl (C=O) groups excluding carboxylic acids is 3. The van der Waals surface area contributed by atoms with Crippen molar-refractivity contribution in [1.82, 2.24) is 0 Å². The second-order valence-electron chi connectivity index (χ2n) is 4.02. The zero-order valence-corrected chi connectivity index (χ0v) is 11.6. The van der Waals surface area contributed by atoms with Crippen LogP contribution in [0.15, 0.2) is 0 Å². The molecule has 0 aromatic heterocycles. The van der Waals surface area contributed by atoms with Crippen molar-refractivity contribution < 1.29 is 38.5 Å². The first-order valence-electron chi connectivity index (χ1n) is 5.92. The summed E-state index contributed by atoms with van der Waals surface area (Å²) in [6.07, 6.45) is -2.61. The van der Waals surface area contributed by atoms with Gasteiger partial charge in [-0.1, -0.05) is 0 Å². The fourth-order valence-electron chi connectivity index (χ4n) is 1.49. The number of aliphatic carboxylic acids is 1. The summed E-state index contributed by atoms with van der Waals surface area (Å²) < 4.78 is 14.5. The van der Waals surface area contributed by atoms with Crippen molar-refractivity contribution in [2.45, 2.75) is 45.8 Å². The Bertz CT molecular complexity index is 360. The van der Waals surface area contributed by atoms with Crippen LogP contribution in [0.2, 0.25) is 0 Å². The molecule has 20 heavy (non-hydrogen) atoms. The second kappa shape index (κ2) is 8.89. The van der Waals surface area contributed by atoms with Gasteiger partial charge in [-0.3, -0.25) is 19.2 Å². The fraction of sp³-hybridized carbons (Fsp3) is 0.667. The first-order chi connectivity index (χ1) is 9.22. The maximum atomic E-state index is 11.0. The Labute approximate surface area is 116 Å². The lowest BCUT2D eigenvalue weighted by Gasteiger charge is -2.25. The zero-order chi connectivity index (χ0) is 15.7. The summed E-state index contributed by atoms with van der Waals surface area (Å²) in [6, 6.07) is 0. The lowest BCUT2D eigenvalue weighted by molar-refractivity contribution is -0.171. The van der Waals surface area contributed by atoms with Gasteiger partial charge in [-0.25, -0.2) is 0 Å². The van der Waals surface area contributed by atoms with Crippen molar-refractivity contribution in [3.63, 3.8) is 0 Å². The van der Waals surface area contributed by atoms with Gasteiger partial charge in [0.05, 0.1) is 13.0 Å². The third-order valence-corrected chi connectivity index (χ3v) is 2.13. The van der Waals surface area contributed by atoms with Crippen molar-refractivity contribution >= 4 is 23.9 Å². The summed E-state index contributed by atoms with van der Waals surface area (Å²) in [5, 5.41) is 8.78. The van der Waals surface area contributed by atoms with E-state index in [0.717, 1.165) is 13.8 Å². The number of esters is 3. The number of hydrogen-bond donors (Lipinski definition) is 1. The van der Waals surface area contributed by atoms with Crippen LogP contribution in [0.4, 0.5) is 0 Å². The van der Waals surface area contributed by atoms with E-state index in [9.17, 15) is 19.2 Å². The highest BCUT2D eigenvalue weighted by molar-refractivity contribution is 5.70. The van der Waals surface area contributed by atoms with Gasteiger partial charge in [-0.05, 0) is 0 Å². The van der Waals surface area contributed by atoms with E-state index < -0.39 is 42.5 Å². The predicted molar refractivity (Wildman–Crippen MR) is 64.6 cm³/mol. The Hall–Kier alpha value is -2.12. The molecule has 0 aliphatic carbocycles. The van der Waals surface area contributed by atoms with E-state index >= 15 is 0 Å². The van der Waals surface area contributed by atoms with Gasteiger partial charge >= 0.3 is 23.9 Å². The zero-order valence-electron chi connectivity index (χ0n) is 11.6. The van der Waals surface area contributed by atoms with Crippen LogP contribution < -0.4 is 0 Å². The van der Waals surface area contributed by atoms with Crippen LogP contribution >= 0.6 is 0 Å². The molecule has 8 nitrogen and oxygen atoms in total. The van der Waals surface area contributed by atoms with E-state index in [4.69, 9.17) is 19.3 Å². The molecule has 0 aromatic carbocycles. The third-order valence-electron chi connectivity index (χ3n) is 2.13. The molecule has 0 saturated carbocycles. The summed E-state index contributed by atoms with van der Waals surface area (Å²) in [4.78, 5) is 43.4. The molecular weight excluding hydrogens is 272 g/mol. The van der Waals surface area contributed by atoms with Crippen LogP contribution in [0.1, 0.15) is 33.6 Å². The smallest absolute Gasteiger partial charge is 0.307 e. The van der Waals surface area contributed by atoms with Gasteiger partial charge in [0.25, 0.3) is 0 Å². The summed E-state index contributed by atoms with van der Waals surface area (Å²) in [7, 11) is 0. The second-order valence-corrected chi connectivity index (χ2v) is 4.02. The molecule has 2 atom stereocenters. The fourth-order valence-corrected chi connectivity index (χ4v) is 1.49. The number of carbonyl (C=O) groups is 4. The van der Waals surface area contributed by atoms with Gasteiger partial charge < -0.3 is 19.3 Å². The minimum absolute atomic E-state index is 0.0321. The Morgan fingerprint density at radius 2 is 1.40 bits per heavy atom. The van der Waals surface area contributed by atoms with Crippen molar-refractivity contribution in [3.8, 4) is 0 Å². The Morgan fingerprint density at radius 3 is 1.80 bits per heavy atom. The molecule has 0 amide bonds. The van der Waals surface area contributed by atoms with Crippen LogP contribution in [-0.2, 0) is 33.4 Å². The van der Waals surface area contributed by atoms with Crippen LogP contribution in [0, 0.1) is 0 Å². The van der Waals surface area contributed by atoms with E-state index in [-0.39, 0.29) is 13.0 Å². The number of carboxylic acid groups (broad SMARTS) is 1. The van der Waals surface area contributed by atoms with Crippen LogP contribution in [0.5, 0.6) is 0 Å². The number of rotatable bonds is 8. The molecule has 0 bridgehead atoms. The van der Waals surface area contributed by atoms with Gasteiger partial charge in [0.2, 0.25) is 0 Å². The van der Waals surface area contributed by atoms with E-state index in [1.165, 1.54) is 6.92 Å². The van der Waals surface area contributed by atoms with Crippen LogP contribution in [-0.4, -0.2) is 47.8 Å². The Morgan fingerprint density at radius 1 is 0.900 bits per heavy atom. The molecule has 0 saturated heterocycles. The Balaban J connectivity index is 4.78. The molecule has 0 aromatic rings. The van der Waals surface area contributed by atoms with Gasteiger partial charge in [0, 0.05) is 27.2 Å². The molecule has 0 aliphatic rings. The van der Waals surface area contributed by atoms with Crippen LogP contribution in [0.3, 0.4) is 0 Å². The summed E-state index contributed by atoms with van der Waals surface area (Å²) >= 11 is 0. The third kappa shape index (κ3) is 8.90. The van der Waals surface area contributed by atoms with Crippen molar-refractivity contribution in [3.05, 3.63) is 0 Å². The average molecular weight is 290 g/mol. The molecular formula is C12H18O8. The van der Waals surface area contributed by atoms with E-state index in [0.29, 0.717) is 0 Å². The van der Waals surface area contributed by atoms with Gasteiger partial charge in [0.1, 0.15) is 12.2 Å². The largest absolute Gasteiger partial charge is 0.481 e. The SMILES string of the molecule is CC(=O)OCCC(OC(C)=O)C(CC(=O)O)OC(C)=O. The molecule has 0 heterocycles. The van der Waals surface area contributed by atoms with Crippen molar-refractivity contribution in [2.24, 2.45) is 0 Å². The lowest BCUT2D eigenvalue weighted by atomic mass is 10.1. The average Bonchev–Trinajstić information content (AvgIpc) is 2.24. The molecule has 0 fully saturated rings. The number of ether oxygens (including phenoxy) is 3. The van der Waals surface area contributed by atoms with Gasteiger partial charge in [-0.2, -0.15) is 0 Å². The minimum Gasteiger partial charge on any atom is -0.481 e. The molecule has 0 rings (SSSR count). The molecule has 2 unspecified atom stereocenters. The van der Waals surface area contributed by atoms with Crippen molar-refractivity contribution in [2.75, 3.05) is 6.61 Å². The van der Waals surface area contributed by atoms with E-state index in [1.807, 2.05) is 0 Å². The predicted octanol–water partition coefficient (Wildman–Crippen LogP) is 0.278. The standard InChI is InChI=1S/C12H18O8/c1-7(13)18-5-4-10(19-8(2)14)11(6-12(16)17)20-9(3)15/h10-11H,4-6H2,1-3H3,(H,16,17). The molecule has 0 spiro atoms. The summed E-state index contributed by atoms with van der Waals surface area (Å²) in [6.45, 7) is 3.39. The minimum atomic E-state index is -1.21.